The van der Waals surface area contributed by atoms with Gasteiger partial charge >= 0.3 is 0 Å². The number of nitrogens with zero attached hydrogens (tertiary/aromatic N) is 4. The van der Waals surface area contributed by atoms with Crippen LogP contribution in [0.4, 0.5) is 0 Å². The zero-order valence-corrected chi connectivity index (χ0v) is 14.3. The molecule has 0 aliphatic carbocycles. The average molecular weight is 334 g/mol. The highest BCUT2D eigenvalue weighted by molar-refractivity contribution is 5.92. The Bertz CT molecular complexity index is 613. The summed E-state index contributed by atoms with van der Waals surface area (Å²) in [6, 6.07) is 1.92. The first-order valence-corrected chi connectivity index (χ1v) is 8.77. The second kappa shape index (κ2) is 6.93. The van der Waals surface area contributed by atoms with Gasteiger partial charge in [0.05, 0.1) is 12.3 Å². The number of piperidine rings is 1. The van der Waals surface area contributed by atoms with E-state index in [2.05, 4.69) is 5.10 Å². The summed E-state index contributed by atoms with van der Waals surface area (Å²) in [4.78, 5) is 29.2. The minimum Gasteiger partial charge on any atom is -0.395 e. The van der Waals surface area contributed by atoms with Gasteiger partial charge in [0.25, 0.3) is 0 Å². The molecular weight excluding hydrogens is 308 g/mol. The molecule has 2 amide bonds. The van der Waals surface area contributed by atoms with Gasteiger partial charge in [0.2, 0.25) is 11.8 Å². The molecule has 7 nitrogen and oxygen atoms in total. The van der Waals surface area contributed by atoms with Crippen LogP contribution in [0.1, 0.15) is 37.8 Å². The lowest BCUT2D eigenvalue weighted by molar-refractivity contribution is -0.155. The van der Waals surface area contributed by atoms with E-state index in [1.807, 2.05) is 19.2 Å². The number of likely N-dealkylation sites (tertiary alicyclic amines) is 2. The van der Waals surface area contributed by atoms with Gasteiger partial charge in [-0.2, -0.15) is 5.10 Å². The van der Waals surface area contributed by atoms with Gasteiger partial charge in [0, 0.05) is 38.8 Å². The number of aliphatic hydroxyl groups is 1. The average Bonchev–Trinajstić information content (AvgIpc) is 3.17. The van der Waals surface area contributed by atoms with Crippen LogP contribution in [0, 0.1) is 6.92 Å². The topological polar surface area (TPSA) is 78.7 Å². The van der Waals surface area contributed by atoms with Crippen molar-refractivity contribution in [3.63, 3.8) is 0 Å². The summed E-state index contributed by atoms with van der Waals surface area (Å²) >= 11 is 0. The lowest BCUT2D eigenvalue weighted by atomic mass is 9.85. The van der Waals surface area contributed by atoms with E-state index in [1.54, 1.807) is 14.5 Å². The molecule has 2 fully saturated rings. The Kier molecular flexibility index (Phi) is 4.89. The molecule has 1 aromatic rings. The van der Waals surface area contributed by atoms with E-state index in [1.165, 1.54) is 0 Å². The fraction of sp³-hybridized carbons (Fsp3) is 0.706. The molecule has 1 spiro atoms. The van der Waals surface area contributed by atoms with E-state index in [0.717, 1.165) is 31.4 Å². The predicted molar refractivity (Wildman–Crippen MR) is 88.2 cm³/mol. The normalized spacial score (nSPS) is 24.2. The Morgan fingerprint density at radius 2 is 2.04 bits per heavy atom. The van der Waals surface area contributed by atoms with Crippen LogP contribution in [0.5, 0.6) is 0 Å². The Hall–Kier alpha value is -1.89. The number of hydrogen-bond acceptors (Lipinski definition) is 4. The van der Waals surface area contributed by atoms with Crippen molar-refractivity contribution < 1.29 is 14.7 Å². The fourth-order valence-corrected chi connectivity index (χ4v) is 4.06. The minimum atomic E-state index is -0.676. The lowest BCUT2D eigenvalue weighted by Crippen LogP contribution is -2.61. The molecule has 0 saturated carbocycles. The van der Waals surface area contributed by atoms with Gasteiger partial charge in [-0.1, -0.05) is 0 Å². The summed E-state index contributed by atoms with van der Waals surface area (Å²) in [6.45, 7) is 4.10. The largest absolute Gasteiger partial charge is 0.395 e. The molecule has 7 heteroatoms. The van der Waals surface area contributed by atoms with Crippen LogP contribution >= 0.6 is 0 Å². The Balaban J connectivity index is 1.69. The van der Waals surface area contributed by atoms with E-state index < -0.39 is 5.54 Å². The summed E-state index contributed by atoms with van der Waals surface area (Å²) in [7, 11) is 0. The van der Waals surface area contributed by atoms with Crippen molar-refractivity contribution in [1.29, 1.82) is 0 Å². The maximum atomic E-state index is 12.9. The highest BCUT2D eigenvalue weighted by atomic mass is 16.3. The zero-order valence-electron chi connectivity index (χ0n) is 14.3. The molecule has 1 aromatic heterocycles. The van der Waals surface area contributed by atoms with Crippen LogP contribution in [0.15, 0.2) is 12.3 Å². The first kappa shape index (κ1) is 17.0. The standard InChI is InChI=1S/C17H26N4O3/c1-14-4-10-20(18-14)11-5-15(23)21-9-3-7-17(21)6-2-8-19(12-13-22)16(17)24/h4,10,22H,2-3,5-9,11-13H2,1H3. The fourth-order valence-electron chi connectivity index (χ4n) is 4.06. The SMILES string of the molecule is Cc1ccn(CCC(=O)N2CCCC23CCCN(CCO)C3=O)n1. The third-order valence-corrected chi connectivity index (χ3v) is 5.19. The van der Waals surface area contributed by atoms with Gasteiger partial charge in [-0.3, -0.25) is 14.3 Å². The molecule has 2 aliphatic rings. The maximum absolute atomic E-state index is 12.9. The highest BCUT2D eigenvalue weighted by Gasteiger charge is 2.52. The molecule has 2 saturated heterocycles. The molecule has 3 heterocycles. The number of aliphatic hydroxyl groups excluding tert-OH is 1. The number of aromatic nitrogens is 2. The smallest absolute Gasteiger partial charge is 0.248 e. The van der Waals surface area contributed by atoms with E-state index in [0.29, 0.717) is 32.6 Å². The minimum absolute atomic E-state index is 0.0172. The third-order valence-electron chi connectivity index (χ3n) is 5.19. The van der Waals surface area contributed by atoms with Crippen molar-refractivity contribution >= 4 is 11.8 Å². The number of carbonyl (C=O) groups is 2. The molecule has 24 heavy (non-hydrogen) atoms. The van der Waals surface area contributed by atoms with Gasteiger partial charge in [-0.05, 0) is 38.7 Å². The van der Waals surface area contributed by atoms with Crippen LogP contribution in [0.3, 0.4) is 0 Å². The second-order valence-corrected chi connectivity index (χ2v) is 6.77. The van der Waals surface area contributed by atoms with Crippen molar-refractivity contribution in [3.8, 4) is 0 Å². The molecule has 1 unspecified atom stereocenters. The zero-order chi connectivity index (χ0) is 17.2. The molecule has 3 rings (SSSR count). The second-order valence-electron chi connectivity index (χ2n) is 6.77. The van der Waals surface area contributed by atoms with Gasteiger partial charge in [0.1, 0.15) is 5.54 Å². The van der Waals surface area contributed by atoms with Crippen molar-refractivity contribution in [2.75, 3.05) is 26.2 Å². The highest BCUT2D eigenvalue weighted by Crippen LogP contribution is 2.38. The predicted octanol–water partition coefficient (Wildman–Crippen LogP) is 0.558. The van der Waals surface area contributed by atoms with E-state index >= 15 is 0 Å². The van der Waals surface area contributed by atoms with Crippen LogP contribution in [0.25, 0.3) is 0 Å². The first-order valence-electron chi connectivity index (χ1n) is 8.77. The van der Waals surface area contributed by atoms with Crippen molar-refractivity contribution in [1.82, 2.24) is 19.6 Å². The summed E-state index contributed by atoms with van der Waals surface area (Å²) in [5.41, 5.74) is 0.257. The number of aryl methyl sites for hydroxylation is 2. The molecule has 132 valence electrons. The Labute approximate surface area is 142 Å². The van der Waals surface area contributed by atoms with E-state index in [4.69, 9.17) is 0 Å². The third kappa shape index (κ3) is 3.05. The van der Waals surface area contributed by atoms with E-state index in [-0.39, 0.29) is 18.4 Å². The monoisotopic (exact) mass is 334 g/mol. The Morgan fingerprint density at radius 1 is 1.29 bits per heavy atom. The summed E-state index contributed by atoms with van der Waals surface area (Å²) < 4.78 is 1.77. The van der Waals surface area contributed by atoms with Crippen LogP contribution < -0.4 is 0 Å². The van der Waals surface area contributed by atoms with Gasteiger partial charge in [0.15, 0.2) is 0 Å². The summed E-state index contributed by atoms with van der Waals surface area (Å²) in [5, 5.41) is 13.5. The van der Waals surface area contributed by atoms with Gasteiger partial charge < -0.3 is 14.9 Å². The molecule has 2 aliphatic heterocycles. The van der Waals surface area contributed by atoms with Crippen LogP contribution in [-0.4, -0.2) is 68.3 Å². The maximum Gasteiger partial charge on any atom is 0.248 e. The quantitative estimate of drug-likeness (QED) is 0.853. The Morgan fingerprint density at radius 3 is 2.71 bits per heavy atom. The number of rotatable bonds is 5. The van der Waals surface area contributed by atoms with E-state index in [9.17, 15) is 14.7 Å². The molecule has 0 aromatic carbocycles. The molecule has 0 bridgehead atoms. The molecule has 1 atom stereocenters. The summed E-state index contributed by atoms with van der Waals surface area (Å²) in [6.07, 6.45) is 5.45. The van der Waals surface area contributed by atoms with Crippen molar-refractivity contribution in [2.24, 2.45) is 0 Å². The van der Waals surface area contributed by atoms with Crippen LogP contribution in [-0.2, 0) is 16.1 Å². The lowest BCUT2D eigenvalue weighted by Gasteiger charge is -2.44. The molecular formula is C17H26N4O3. The molecule has 1 N–H and O–H groups in total. The number of β-amino-alcohol motifs (C(OH)–C–C–N with tert-alkyl or cyclic N) is 1. The van der Waals surface area contributed by atoms with Gasteiger partial charge in [-0.15, -0.1) is 0 Å². The van der Waals surface area contributed by atoms with Crippen molar-refractivity contribution in [3.05, 3.63) is 18.0 Å². The number of carbonyl (C=O) groups excluding carboxylic acids is 2. The summed E-state index contributed by atoms with van der Waals surface area (Å²) in [5.74, 6) is 0.0448. The number of hydrogen-bond donors (Lipinski definition) is 1. The van der Waals surface area contributed by atoms with Gasteiger partial charge in [-0.25, -0.2) is 0 Å². The molecule has 0 radical (unpaired) electrons. The first-order chi connectivity index (χ1) is 11.6. The van der Waals surface area contributed by atoms with Crippen LogP contribution in [0.2, 0.25) is 0 Å². The number of amides is 2. The van der Waals surface area contributed by atoms with Crippen molar-refractivity contribution in [2.45, 2.75) is 51.1 Å².